The van der Waals surface area contributed by atoms with Crippen LogP contribution in [0.1, 0.15) is 38.3 Å². The van der Waals surface area contributed by atoms with Crippen molar-refractivity contribution in [2.75, 3.05) is 13.1 Å². The molecule has 20 heavy (non-hydrogen) atoms. The van der Waals surface area contributed by atoms with Gasteiger partial charge in [-0.1, -0.05) is 38.1 Å². The molecular formula is C17H24N2O. The zero-order valence-corrected chi connectivity index (χ0v) is 12.6. The molecular weight excluding hydrogens is 248 g/mol. The molecule has 0 bridgehead atoms. The molecule has 0 aromatic heterocycles. The van der Waals surface area contributed by atoms with Gasteiger partial charge in [0.25, 0.3) is 0 Å². The summed E-state index contributed by atoms with van der Waals surface area (Å²) in [4.78, 5) is 0. The van der Waals surface area contributed by atoms with Gasteiger partial charge in [0.05, 0.1) is 17.7 Å². The summed E-state index contributed by atoms with van der Waals surface area (Å²) in [5.41, 5.74) is 1.87. The minimum Gasteiger partial charge on any atom is -0.393 e. The molecule has 1 aromatic carbocycles. The van der Waals surface area contributed by atoms with Crippen molar-refractivity contribution in [2.45, 2.75) is 33.3 Å². The zero-order valence-electron chi connectivity index (χ0n) is 12.6. The van der Waals surface area contributed by atoms with Gasteiger partial charge in [-0.3, -0.25) is 0 Å². The lowest BCUT2D eigenvalue weighted by molar-refractivity contribution is 0.129. The maximum absolute atomic E-state index is 9.42. The van der Waals surface area contributed by atoms with Crippen molar-refractivity contribution in [3.63, 3.8) is 0 Å². The number of aliphatic hydroxyl groups is 1. The molecule has 0 aliphatic rings. The molecule has 3 heteroatoms. The molecule has 108 valence electrons. The van der Waals surface area contributed by atoms with Crippen LogP contribution >= 0.6 is 0 Å². The first-order valence-corrected chi connectivity index (χ1v) is 6.98. The lowest BCUT2D eigenvalue weighted by Crippen LogP contribution is -2.32. The molecule has 0 fully saturated rings. The summed E-state index contributed by atoms with van der Waals surface area (Å²) in [6.07, 6.45) is 4.63. The Morgan fingerprint density at radius 3 is 2.55 bits per heavy atom. The highest BCUT2D eigenvalue weighted by Gasteiger charge is 2.19. The third kappa shape index (κ3) is 6.51. The summed E-state index contributed by atoms with van der Waals surface area (Å²) in [5.74, 6) is 0. The van der Waals surface area contributed by atoms with E-state index >= 15 is 0 Å². The van der Waals surface area contributed by atoms with E-state index in [-0.39, 0.29) is 11.5 Å². The van der Waals surface area contributed by atoms with Crippen molar-refractivity contribution in [1.82, 2.24) is 5.32 Å². The van der Waals surface area contributed by atoms with Gasteiger partial charge in [0.15, 0.2) is 0 Å². The summed E-state index contributed by atoms with van der Waals surface area (Å²) in [5, 5.41) is 21.5. The number of nitrogens with zero attached hydrogens (tertiary/aromatic N) is 1. The van der Waals surface area contributed by atoms with E-state index in [1.807, 2.05) is 37.3 Å². The molecule has 2 N–H and O–H groups in total. The fourth-order valence-electron chi connectivity index (χ4n) is 2.23. The van der Waals surface area contributed by atoms with Crippen molar-refractivity contribution < 1.29 is 5.11 Å². The van der Waals surface area contributed by atoms with Crippen LogP contribution in [0, 0.1) is 16.7 Å². The van der Waals surface area contributed by atoms with Crippen LogP contribution in [0.5, 0.6) is 0 Å². The van der Waals surface area contributed by atoms with Gasteiger partial charge in [-0.2, -0.15) is 5.26 Å². The first-order valence-electron chi connectivity index (χ1n) is 6.98. The fourth-order valence-corrected chi connectivity index (χ4v) is 2.23. The van der Waals surface area contributed by atoms with E-state index in [2.05, 4.69) is 31.3 Å². The third-order valence-corrected chi connectivity index (χ3v) is 3.06. The van der Waals surface area contributed by atoms with Crippen molar-refractivity contribution in [3.05, 3.63) is 41.5 Å². The highest BCUT2D eigenvalue weighted by atomic mass is 16.3. The largest absolute Gasteiger partial charge is 0.393 e. The number of rotatable bonds is 7. The van der Waals surface area contributed by atoms with Crippen LogP contribution in [0.25, 0.3) is 6.08 Å². The lowest BCUT2D eigenvalue weighted by Gasteiger charge is -2.26. The van der Waals surface area contributed by atoms with E-state index < -0.39 is 0 Å². The molecule has 1 rings (SSSR count). The summed E-state index contributed by atoms with van der Waals surface area (Å²) < 4.78 is 0. The van der Waals surface area contributed by atoms with Gasteiger partial charge in [-0.15, -0.1) is 0 Å². The average molecular weight is 272 g/mol. The van der Waals surface area contributed by atoms with Crippen LogP contribution in [0.2, 0.25) is 0 Å². The van der Waals surface area contributed by atoms with E-state index in [0.717, 1.165) is 25.1 Å². The van der Waals surface area contributed by atoms with Crippen LogP contribution in [0.4, 0.5) is 0 Å². The van der Waals surface area contributed by atoms with Crippen molar-refractivity contribution in [3.8, 4) is 6.07 Å². The van der Waals surface area contributed by atoms with Crippen LogP contribution in [0.3, 0.4) is 0 Å². The van der Waals surface area contributed by atoms with Crippen LogP contribution in [0.15, 0.2) is 30.3 Å². The van der Waals surface area contributed by atoms with E-state index in [1.165, 1.54) is 0 Å². The SMILES string of the molecule is CC(O)CC(C)(C)CNC/C=C/c1ccc(C#N)cc1. The van der Waals surface area contributed by atoms with Gasteiger partial charge >= 0.3 is 0 Å². The maximum atomic E-state index is 9.42. The summed E-state index contributed by atoms with van der Waals surface area (Å²) in [7, 11) is 0. The smallest absolute Gasteiger partial charge is 0.0991 e. The van der Waals surface area contributed by atoms with Crippen molar-refractivity contribution in [2.24, 2.45) is 5.41 Å². The Morgan fingerprint density at radius 2 is 2.00 bits per heavy atom. The monoisotopic (exact) mass is 272 g/mol. The second-order valence-corrected chi connectivity index (χ2v) is 5.98. The minimum absolute atomic E-state index is 0.0937. The number of nitriles is 1. The molecule has 1 aromatic rings. The van der Waals surface area contributed by atoms with E-state index in [4.69, 9.17) is 5.26 Å². The molecule has 1 unspecified atom stereocenters. The molecule has 0 amide bonds. The molecule has 3 nitrogen and oxygen atoms in total. The summed E-state index contributed by atoms with van der Waals surface area (Å²) in [6.45, 7) is 7.79. The molecule has 0 radical (unpaired) electrons. The second-order valence-electron chi connectivity index (χ2n) is 5.98. The maximum Gasteiger partial charge on any atom is 0.0991 e. The topological polar surface area (TPSA) is 56.0 Å². The fraction of sp³-hybridized carbons (Fsp3) is 0.471. The Balaban J connectivity index is 2.33. The van der Waals surface area contributed by atoms with E-state index in [1.54, 1.807) is 0 Å². The second kappa shape index (κ2) is 7.84. The Morgan fingerprint density at radius 1 is 1.35 bits per heavy atom. The van der Waals surface area contributed by atoms with Crippen LogP contribution < -0.4 is 5.32 Å². The number of benzene rings is 1. The Labute approximate surface area is 121 Å². The zero-order chi connectivity index (χ0) is 15.0. The van der Waals surface area contributed by atoms with E-state index in [0.29, 0.717) is 5.56 Å². The van der Waals surface area contributed by atoms with Crippen LogP contribution in [-0.4, -0.2) is 24.3 Å². The van der Waals surface area contributed by atoms with Gasteiger partial charge in [0.1, 0.15) is 0 Å². The predicted octanol–water partition coefficient (Wildman–Crippen LogP) is 2.96. The van der Waals surface area contributed by atoms with Gasteiger partial charge in [-0.05, 0) is 36.5 Å². The highest BCUT2D eigenvalue weighted by molar-refractivity contribution is 5.51. The highest BCUT2D eigenvalue weighted by Crippen LogP contribution is 2.20. The summed E-state index contributed by atoms with van der Waals surface area (Å²) >= 11 is 0. The number of aliphatic hydroxyl groups excluding tert-OH is 1. The van der Waals surface area contributed by atoms with Gasteiger partial charge < -0.3 is 10.4 Å². The number of nitrogens with one attached hydrogen (secondary N) is 1. The lowest BCUT2D eigenvalue weighted by atomic mass is 9.87. The van der Waals surface area contributed by atoms with Gasteiger partial charge in [0.2, 0.25) is 0 Å². The van der Waals surface area contributed by atoms with E-state index in [9.17, 15) is 5.11 Å². The quantitative estimate of drug-likeness (QED) is 0.750. The Kier molecular flexibility index (Phi) is 6.44. The first-order chi connectivity index (χ1) is 9.43. The number of hydrogen-bond donors (Lipinski definition) is 2. The summed E-state index contributed by atoms with van der Waals surface area (Å²) in [6, 6.07) is 9.62. The molecule has 1 atom stereocenters. The predicted molar refractivity (Wildman–Crippen MR) is 83.1 cm³/mol. The Bertz CT molecular complexity index is 467. The average Bonchev–Trinajstić information content (AvgIpc) is 2.37. The number of hydrogen-bond acceptors (Lipinski definition) is 3. The normalized spacial score (nSPS) is 13.3. The van der Waals surface area contributed by atoms with Gasteiger partial charge in [-0.25, -0.2) is 0 Å². The molecule has 0 saturated carbocycles. The third-order valence-electron chi connectivity index (χ3n) is 3.06. The standard InChI is InChI=1S/C17H24N2O/c1-14(20)11-17(2,3)13-19-10-4-5-15-6-8-16(12-18)9-7-15/h4-9,14,19-20H,10-11,13H2,1-3H3/b5-4+. The van der Waals surface area contributed by atoms with Crippen LogP contribution in [-0.2, 0) is 0 Å². The molecule has 0 aliphatic heterocycles. The molecule has 0 spiro atoms. The minimum atomic E-state index is -0.263. The van der Waals surface area contributed by atoms with Crippen molar-refractivity contribution >= 4 is 6.08 Å². The van der Waals surface area contributed by atoms with Crippen molar-refractivity contribution in [1.29, 1.82) is 5.26 Å². The first kappa shape index (κ1) is 16.4. The molecule has 0 aliphatic carbocycles. The molecule has 0 saturated heterocycles. The van der Waals surface area contributed by atoms with Gasteiger partial charge in [0, 0.05) is 13.1 Å². The Hall–Kier alpha value is -1.63. The molecule has 0 heterocycles.